The summed E-state index contributed by atoms with van der Waals surface area (Å²) in [5.74, 6) is 0.925. The van der Waals surface area contributed by atoms with Gasteiger partial charge in [-0.05, 0) is 43.7 Å². The molecule has 1 aromatic carbocycles. The molecule has 2 bridgehead atoms. The van der Waals surface area contributed by atoms with Crippen LogP contribution >= 0.6 is 0 Å². The highest BCUT2D eigenvalue weighted by atomic mass is 15.2. The minimum absolute atomic E-state index is 0.762. The van der Waals surface area contributed by atoms with Gasteiger partial charge in [0.15, 0.2) is 0 Å². The lowest BCUT2D eigenvalue weighted by molar-refractivity contribution is 0.553. The number of nitrogens with zero attached hydrogens (tertiary/aromatic N) is 1. The van der Waals surface area contributed by atoms with Crippen LogP contribution in [0.2, 0.25) is 0 Å². The summed E-state index contributed by atoms with van der Waals surface area (Å²) in [4.78, 5) is 2.54. The Morgan fingerprint density at radius 3 is 2.80 bits per heavy atom. The van der Waals surface area contributed by atoms with E-state index in [0.717, 1.165) is 17.6 Å². The van der Waals surface area contributed by atoms with Crippen molar-refractivity contribution in [1.29, 1.82) is 0 Å². The number of hydrogen-bond acceptors (Lipinski definition) is 2. The Balaban J connectivity index is 1.99. The number of fused-ring (bicyclic) bond motifs is 2. The van der Waals surface area contributed by atoms with Crippen molar-refractivity contribution in [1.82, 2.24) is 0 Å². The van der Waals surface area contributed by atoms with Crippen molar-refractivity contribution in [3.63, 3.8) is 0 Å². The minimum Gasteiger partial charge on any atom is -0.397 e. The Hall–Kier alpha value is -1.18. The Kier molecular flexibility index (Phi) is 1.91. The van der Waals surface area contributed by atoms with Gasteiger partial charge >= 0.3 is 0 Å². The predicted molar refractivity (Wildman–Crippen MR) is 64.1 cm³/mol. The standard InChI is InChI=1S/C13H18N2/c1-9-3-2-4-12(14)13(9)15-8-10-5-6-11(15)7-10/h2-4,10-11H,5-8,14H2,1H3. The van der Waals surface area contributed by atoms with E-state index in [2.05, 4.69) is 17.9 Å². The molecule has 0 spiro atoms. The Morgan fingerprint density at radius 1 is 1.33 bits per heavy atom. The quantitative estimate of drug-likeness (QED) is 0.709. The van der Waals surface area contributed by atoms with E-state index in [0.29, 0.717) is 0 Å². The molecule has 2 nitrogen and oxygen atoms in total. The molecule has 80 valence electrons. The van der Waals surface area contributed by atoms with Crippen LogP contribution in [0.25, 0.3) is 0 Å². The molecule has 0 aromatic heterocycles. The van der Waals surface area contributed by atoms with Crippen LogP contribution in [0, 0.1) is 12.8 Å². The second kappa shape index (κ2) is 3.16. The Labute approximate surface area is 91.1 Å². The van der Waals surface area contributed by atoms with Crippen molar-refractivity contribution in [2.24, 2.45) is 5.92 Å². The molecule has 2 heteroatoms. The average molecular weight is 202 g/mol. The van der Waals surface area contributed by atoms with Crippen LogP contribution in [-0.4, -0.2) is 12.6 Å². The first-order chi connectivity index (χ1) is 7.25. The van der Waals surface area contributed by atoms with Gasteiger partial charge in [0.2, 0.25) is 0 Å². The van der Waals surface area contributed by atoms with Gasteiger partial charge in [-0.15, -0.1) is 0 Å². The molecular weight excluding hydrogens is 184 g/mol. The second-order valence-electron chi connectivity index (χ2n) is 5.00. The summed E-state index contributed by atoms with van der Waals surface area (Å²) in [6.45, 7) is 3.39. The topological polar surface area (TPSA) is 29.3 Å². The Morgan fingerprint density at radius 2 is 2.20 bits per heavy atom. The lowest BCUT2D eigenvalue weighted by Gasteiger charge is -2.31. The van der Waals surface area contributed by atoms with Crippen LogP contribution < -0.4 is 10.6 Å². The SMILES string of the molecule is Cc1cccc(N)c1N1CC2CCC1C2. The molecule has 15 heavy (non-hydrogen) atoms. The number of rotatable bonds is 1. The minimum atomic E-state index is 0.762. The molecule has 0 radical (unpaired) electrons. The number of piperidine rings is 1. The summed E-state index contributed by atoms with van der Waals surface area (Å²) in [5.41, 5.74) is 9.66. The fourth-order valence-corrected chi connectivity index (χ4v) is 3.27. The summed E-state index contributed by atoms with van der Waals surface area (Å²) in [5, 5.41) is 0. The van der Waals surface area contributed by atoms with Crippen molar-refractivity contribution in [3.05, 3.63) is 23.8 Å². The van der Waals surface area contributed by atoms with Gasteiger partial charge in [-0.2, -0.15) is 0 Å². The largest absolute Gasteiger partial charge is 0.397 e. The molecule has 1 saturated carbocycles. The van der Waals surface area contributed by atoms with Crippen molar-refractivity contribution in [2.45, 2.75) is 32.2 Å². The van der Waals surface area contributed by atoms with E-state index in [9.17, 15) is 0 Å². The summed E-state index contributed by atoms with van der Waals surface area (Å²) in [6.07, 6.45) is 4.17. The molecule has 1 aliphatic carbocycles. The van der Waals surface area contributed by atoms with Gasteiger partial charge in [-0.25, -0.2) is 0 Å². The van der Waals surface area contributed by atoms with E-state index in [-0.39, 0.29) is 0 Å². The van der Waals surface area contributed by atoms with E-state index < -0.39 is 0 Å². The van der Waals surface area contributed by atoms with Gasteiger partial charge in [0, 0.05) is 12.6 Å². The molecule has 2 aliphatic rings. The van der Waals surface area contributed by atoms with Gasteiger partial charge < -0.3 is 10.6 Å². The van der Waals surface area contributed by atoms with Crippen LogP contribution in [0.15, 0.2) is 18.2 Å². The van der Waals surface area contributed by atoms with Crippen LogP contribution in [-0.2, 0) is 0 Å². The number of nitrogens with two attached hydrogens (primary N) is 1. The molecule has 1 aliphatic heterocycles. The Bertz CT molecular complexity index is 366. The highest BCUT2D eigenvalue weighted by Crippen LogP contribution is 2.42. The molecule has 1 saturated heterocycles. The van der Waals surface area contributed by atoms with Crippen molar-refractivity contribution in [2.75, 3.05) is 17.2 Å². The maximum Gasteiger partial charge on any atom is 0.0632 e. The molecule has 2 fully saturated rings. The van der Waals surface area contributed by atoms with E-state index in [1.165, 1.54) is 37.1 Å². The van der Waals surface area contributed by atoms with E-state index >= 15 is 0 Å². The van der Waals surface area contributed by atoms with E-state index in [4.69, 9.17) is 5.73 Å². The number of anilines is 2. The van der Waals surface area contributed by atoms with Crippen molar-refractivity contribution >= 4 is 11.4 Å². The van der Waals surface area contributed by atoms with Crippen LogP contribution in [0.3, 0.4) is 0 Å². The fourth-order valence-electron chi connectivity index (χ4n) is 3.27. The summed E-state index contributed by atoms with van der Waals surface area (Å²) in [7, 11) is 0. The van der Waals surface area contributed by atoms with Crippen molar-refractivity contribution in [3.8, 4) is 0 Å². The molecule has 2 N–H and O–H groups in total. The van der Waals surface area contributed by atoms with Crippen molar-refractivity contribution < 1.29 is 0 Å². The maximum absolute atomic E-state index is 6.09. The van der Waals surface area contributed by atoms with Gasteiger partial charge in [0.25, 0.3) is 0 Å². The smallest absolute Gasteiger partial charge is 0.0632 e. The number of para-hydroxylation sites is 1. The zero-order valence-electron chi connectivity index (χ0n) is 9.24. The zero-order chi connectivity index (χ0) is 10.4. The van der Waals surface area contributed by atoms with Gasteiger partial charge in [0.05, 0.1) is 11.4 Å². The van der Waals surface area contributed by atoms with Gasteiger partial charge in [-0.3, -0.25) is 0 Å². The summed E-state index contributed by atoms with van der Waals surface area (Å²) >= 11 is 0. The third kappa shape index (κ3) is 1.31. The number of nitrogen functional groups attached to an aromatic ring is 1. The molecule has 2 atom stereocenters. The highest BCUT2D eigenvalue weighted by Gasteiger charge is 2.38. The first kappa shape index (κ1) is 9.08. The van der Waals surface area contributed by atoms with Gasteiger partial charge in [-0.1, -0.05) is 12.1 Å². The highest BCUT2D eigenvalue weighted by molar-refractivity contribution is 5.72. The van der Waals surface area contributed by atoms with Crippen LogP contribution in [0.1, 0.15) is 24.8 Å². The number of benzene rings is 1. The molecule has 1 heterocycles. The molecule has 0 amide bonds. The monoisotopic (exact) mass is 202 g/mol. The molecule has 2 unspecified atom stereocenters. The number of aryl methyl sites for hydroxylation is 1. The average Bonchev–Trinajstić information content (AvgIpc) is 2.79. The third-order valence-corrected chi connectivity index (χ3v) is 3.97. The first-order valence-corrected chi connectivity index (χ1v) is 5.87. The molecule has 1 aromatic rings. The maximum atomic E-state index is 6.09. The van der Waals surface area contributed by atoms with E-state index in [1.54, 1.807) is 0 Å². The lowest BCUT2D eigenvalue weighted by atomic mass is 10.1. The van der Waals surface area contributed by atoms with Crippen LogP contribution in [0.5, 0.6) is 0 Å². The molecule has 3 rings (SSSR count). The normalized spacial score (nSPS) is 28.7. The zero-order valence-corrected chi connectivity index (χ0v) is 9.24. The molecular formula is C13H18N2. The first-order valence-electron chi connectivity index (χ1n) is 5.87. The summed E-state index contributed by atoms with van der Waals surface area (Å²) < 4.78 is 0. The fraction of sp³-hybridized carbons (Fsp3) is 0.538. The third-order valence-electron chi connectivity index (χ3n) is 3.97. The number of hydrogen-bond donors (Lipinski definition) is 1. The predicted octanol–water partition coefficient (Wildman–Crippen LogP) is 2.57. The van der Waals surface area contributed by atoms with E-state index in [1.807, 2.05) is 12.1 Å². The summed E-state index contributed by atoms with van der Waals surface area (Å²) in [6, 6.07) is 6.99. The second-order valence-corrected chi connectivity index (χ2v) is 5.00. The lowest BCUT2D eigenvalue weighted by Crippen LogP contribution is -2.33. The van der Waals surface area contributed by atoms with Crippen LogP contribution in [0.4, 0.5) is 11.4 Å². The van der Waals surface area contributed by atoms with Gasteiger partial charge in [0.1, 0.15) is 0 Å².